The second-order valence-electron chi connectivity index (χ2n) is 6.34. The first kappa shape index (κ1) is 16.3. The van der Waals surface area contributed by atoms with Crippen LogP contribution in [-0.4, -0.2) is 44.7 Å². The molecule has 1 amide bonds. The van der Waals surface area contributed by atoms with Crippen LogP contribution < -0.4 is 0 Å². The van der Waals surface area contributed by atoms with E-state index < -0.39 is 17.4 Å². The van der Waals surface area contributed by atoms with Crippen LogP contribution >= 0.6 is 0 Å². The van der Waals surface area contributed by atoms with E-state index in [1.807, 2.05) is 13.0 Å². The van der Waals surface area contributed by atoms with Crippen molar-refractivity contribution in [3.8, 4) is 11.5 Å². The van der Waals surface area contributed by atoms with Crippen molar-refractivity contribution in [3.05, 3.63) is 29.7 Å². The molecule has 2 aromatic rings. The van der Waals surface area contributed by atoms with Crippen LogP contribution in [0.2, 0.25) is 0 Å². The molecular weight excluding hydrogens is 310 g/mol. The molecule has 0 aliphatic heterocycles. The highest BCUT2D eigenvalue weighted by Gasteiger charge is 2.46. The van der Waals surface area contributed by atoms with Gasteiger partial charge in [-0.25, -0.2) is 4.79 Å². The Morgan fingerprint density at radius 2 is 2.00 bits per heavy atom. The number of aliphatic carboxylic acids is 1. The van der Waals surface area contributed by atoms with Gasteiger partial charge < -0.3 is 14.4 Å². The van der Waals surface area contributed by atoms with E-state index in [0.717, 1.165) is 25.0 Å². The molecular formula is C17H21N3O4. The average molecular weight is 331 g/mol. The van der Waals surface area contributed by atoms with Crippen molar-refractivity contribution in [2.75, 3.05) is 7.05 Å². The molecule has 1 aliphatic rings. The summed E-state index contributed by atoms with van der Waals surface area (Å²) in [5.74, 6) is 0.00416. The lowest BCUT2D eigenvalue weighted by molar-refractivity contribution is -0.151. The Labute approximate surface area is 139 Å². The summed E-state index contributed by atoms with van der Waals surface area (Å²) in [5.41, 5.74) is -0.365. The molecule has 0 atom stereocenters. The number of likely N-dealkylation sites (N-methyl/N-ethyl adjacent to an activating group) is 1. The van der Waals surface area contributed by atoms with Crippen molar-refractivity contribution in [1.29, 1.82) is 0 Å². The number of aromatic nitrogens is 2. The van der Waals surface area contributed by atoms with Crippen LogP contribution in [0.5, 0.6) is 0 Å². The third kappa shape index (κ3) is 2.70. The lowest BCUT2D eigenvalue weighted by Gasteiger charge is -2.40. The van der Waals surface area contributed by atoms with Crippen LogP contribution in [0.1, 0.15) is 48.4 Å². The number of aromatic amines is 1. The lowest BCUT2D eigenvalue weighted by atomic mass is 9.80. The maximum absolute atomic E-state index is 12.8. The molecule has 2 heterocycles. The lowest BCUT2D eigenvalue weighted by Crippen LogP contribution is -2.56. The zero-order valence-corrected chi connectivity index (χ0v) is 13.8. The number of hydrogen-bond donors (Lipinski definition) is 2. The van der Waals surface area contributed by atoms with Crippen LogP contribution in [0.15, 0.2) is 22.6 Å². The first-order chi connectivity index (χ1) is 11.4. The van der Waals surface area contributed by atoms with Gasteiger partial charge in [0, 0.05) is 13.1 Å². The summed E-state index contributed by atoms with van der Waals surface area (Å²) in [5, 5.41) is 16.5. The van der Waals surface area contributed by atoms with Crippen LogP contribution in [0, 0.1) is 6.92 Å². The predicted octanol–water partition coefficient (Wildman–Crippen LogP) is 2.84. The molecule has 0 radical (unpaired) electrons. The van der Waals surface area contributed by atoms with Crippen LogP contribution in [0.3, 0.4) is 0 Å². The summed E-state index contributed by atoms with van der Waals surface area (Å²) in [4.78, 5) is 25.9. The van der Waals surface area contributed by atoms with Crippen molar-refractivity contribution in [1.82, 2.24) is 15.1 Å². The monoisotopic (exact) mass is 331 g/mol. The fraction of sp³-hybridized carbons (Fsp3) is 0.471. The van der Waals surface area contributed by atoms with Crippen LogP contribution in [0.25, 0.3) is 11.5 Å². The number of carboxylic acid groups (broad SMARTS) is 1. The maximum Gasteiger partial charge on any atom is 0.329 e. The third-order valence-corrected chi connectivity index (χ3v) is 4.83. The summed E-state index contributed by atoms with van der Waals surface area (Å²) in [6, 6.07) is 5.21. The number of rotatable bonds is 4. The van der Waals surface area contributed by atoms with Crippen molar-refractivity contribution in [2.45, 2.75) is 44.6 Å². The third-order valence-electron chi connectivity index (χ3n) is 4.83. The van der Waals surface area contributed by atoms with Crippen LogP contribution in [0.4, 0.5) is 0 Å². The quantitative estimate of drug-likeness (QED) is 0.897. The summed E-state index contributed by atoms with van der Waals surface area (Å²) in [6.07, 6.45) is 3.56. The van der Waals surface area contributed by atoms with Gasteiger partial charge in [-0.15, -0.1) is 0 Å². The minimum atomic E-state index is -1.14. The maximum atomic E-state index is 12.8. The first-order valence-corrected chi connectivity index (χ1v) is 8.08. The molecule has 2 N–H and O–H groups in total. The molecule has 128 valence electrons. The summed E-state index contributed by atoms with van der Waals surface area (Å²) in [7, 11) is 1.55. The number of aryl methyl sites for hydroxylation is 1. The number of carboxylic acids is 1. The summed E-state index contributed by atoms with van der Waals surface area (Å²) >= 11 is 0. The van der Waals surface area contributed by atoms with Gasteiger partial charge in [0.2, 0.25) is 0 Å². The largest absolute Gasteiger partial charge is 0.479 e. The molecule has 24 heavy (non-hydrogen) atoms. The standard InChI is InChI=1S/C17H21N3O4/c1-11-6-7-14(24-11)12-10-13(19-18-12)15(21)20(2)17(16(22)23)8-4-3-5-9-17/h6-7,10H,3-5,8-9H2,1-2H3,(H,18,19)(H,22,23). The molecule has 7 heteroatoms. The Morgan fingerprint density at radius 3 is 2.58 bits per heavy atom. The number of nitrogens with zero attached hydrogens (tertiary/aromatic N) is 2. The number of carbonyl (C=O) groups excluding carboxylic acids is 1. The molecule has 1 saturated carbocycles. The van der Waals surface area contributed by atoms with Crippen molar-refractivity contribution in [3.63, 3.8) is 0 Å². The minimum absolute atomic E-state index is 0.188. The summed E-state index contributed by atoms with van der Waals surface area (Å²) < 4.78 is 5.51. The zero-order valence-electron chi connectivity index (χ0n) is 13.8. The highest BCUT2D eigenvalue weighted by atomic mass is 16.4. The second kappa shape index (κ2) is 6.14. The molecule has 2 aromatic heterocycles. The SMILES string of the molecule is Cc1ccc(-c2cc(C(=O)N(C)C3(C(=O)O)CCCCC3)n[nH]2)o1. The fourth-order valence-electron chi connectivity index (χ4n) is 3.33. The second-order valence-corrected chi connectivity index (χ2v) is 6.34. The minimum Gasteiger partial charge on any atom is -0.479 e. The van der Waals surface area contributed by atoms with Gasteiger partial charge >= 0.3 is 5.97 Å². The van der Waals surface area contributed by atoms with Gasteiger partial charge in [0.25, 0.3) is 5.91 Å². The van der Waals surface area contributed by atoms with Gasteiger partial charge in [-0.3, -0.25) is 9.89 Å². The number of nitrogens with one attached hydrogen (secondary N) is 1. The van der Waals surface area contributed by atoms with E-state index in [4.69, 9.17) is 4.42 Å². The molecule has 0 bridgehead atoms. The molecule has 1 aliphatic carbocycles. The Hall–Kier alpha value is -2.57. The van der Waals surface area contributed by atoms with Gasteiger partial charge in [-0.2, -0.15) is 5.10 Å². The first-order valence-electron chi connectivity index (χ1n) is 8.08. The molecule has 0 spiro atoms. The van der Waals surface area contributed by atoms with E-state index in [1.54, 1.807) is 19.2 Å². The predicted molar refractivity (Wildman–Crippen MR) is 86.6 cm³/mol. The molecule has 0 saturated heterocycles. The van der Waals surface area contributed by atoms with E-state index in [-0.39, 0.29) is 5.69 Å². The number of H-pyrrole nitrogens is 1. The Morgan fingerprint density at radius 1 is 1.29 bits per heavy atom. The van der Waals surface area contributed by atoms with Crippen LogP contribution in [-0.2, 0) is 4.79 Å². The number of carbonyl (C=O) groups is 2. The van der Waals surface area contributed by atoms with Gasteiger partial charge in [0.15, 0.2) is 11.5 Å². The van der Waals surface area contributed by atoms with E-state index in [9.17, 15) is 14.7 Å². The zero-order chi connectivity index (χ0) is 17.3. The Kier molecular flexibility index (Phi) is 4.17. The van der Waals surface area contributed by atoms with E-state index in [0.29, 0.717) is 24.3 Å². The van der Waals surface area contributed by atoms with E-state index in [1.165, 1.54) is 4.90 Å². The fourth-order valence-corrected chi connectivity index (χ4v) is 3.33. The average Bonchev–Trinajstić information content (AvgIpc) is 3.22. The highest BCUT2D eigenvalue weighted by molar-refractivity contribution is 5.97. The summed E-state index contributed by atoms with van der Waals surface area (Å²) in [6.45, 7) is 1.83. The van der Waals surface area contributed by atoms with Gasteiger partial charge in [0.1, 0.15) is 17.0 Å². The Bertz CT molecular complexity index is 755. The smallest absolute Gasteiger partial charge is 0.329 e. The van der Waals surface area contributed by atoms with Gasteiger partial charge in [-0.05, 0) is 31.9 Å². The number of hydrogen-bond acceptors (Lipinski definition) is 4. The molecule has 1 fully saturated rings. The van der Waals surface area contributed by atoms with Crippen molar-refractivity contribution in [2.24, 2.45) is 0 Å². The molecule has 0 aromatic carbocycles. The topological polar surface area (TPSA) is 99.4 Å². The molecule has 0 unspecified atom stereocenters. The normalized spacial score (nSPS) is 16.8. The molecule has 3 rings (SSSR count). The van der Waals surface area contributed by atoms with Crippen molar-refractivity contribution < 1.29 is 19.1 Å². The van der Waals surface area contributed by atoms with E-state index >= 15 is 0 Å². The number of furan rings is 1. The van der Waals surface area contributed by atoms with Crippen molar-refractivity contribution >= 4 is 11.9 Å². The highest BCUT2D eigenvalue weighted by Crippen LogP contribution is 2.34. The molecule has 7 nitrogen and oxygen atoms in total. The van der Waals surface area contributed by atoms with Gasteiger partial charge in [-0.1, -0.05) is 19.3 Å². The Balaban J connectivity index is 1.85. The van der Waals surface area contributed by atoms with Gasteiger partial charge in [0.05, 0.1) is 0 Å². The number of amides is 1. The van der Waals surface area contributed by atoms with E-state index in [2.05, 4.69) is 10.2 Å².